The van der Waals surface area contributed by atoms with Crippen LogP contribution in [0.4, 0.5) is 11.4 Å². The Morgan fingerprint density at radius 2 is 2.17 bits per heavy atom. The highest BCUT2D eigenvalue weighted by atomic mass is 35.5. The van der Waals surface area contributed by atoms with Crippen LogP contribution in [0.1, 0.15) is 12.8 Å². The zero-order valence-corrected chi connectivity index (χ0v) is 11.2. The van der Waals surface area contributed by atoms with Crippen LogP contribution in [0.25, 0.3) is 0 Å². The molecule has 1 saturated heterocycles. The summed E-state index contributed by atoms with van der Waals surface area (Å²) in [5.41, 5.74) is 1.74. The lowest BCUT2D eigenvalue weighted by atomic mass is 10.2. The van der Waals surface area contributed by atoms with Crippen molar-refractivity contribution in [1.29, 1.82) is 0 Å². The number of nitrogens with one attached hydrogen (secondary N) is 1. The van der Waals surface area contributed by atoms with Crippen molar-refractivity contribution in [2.75, 3.05) is 37.0 Å². The maximum Gasteiger partial charge on any atom is 0.250 e. The van der Waals surface area contributed by atoms with Crippen molar-refractivity contribution >= 4 is 28.9 Å². The number of rotatable bonds is 4. The molecule has 1 amide bonds. The van der Waals surface area contributed by atoms with Crippen LogP contribution in [-0.2, 0) is 9.53 Å². The Labute approximate surface area is 112 Å². The number of carbonyl (C=O) groups is 1. The topological polar surface area (TPSA) is 41.6 Å². The number of methoxy groups -OCH3 is 1. The summed E-state index contributed by atoms with van der Waals surface area (Å²) in [5, 5.41) is 3.27. The molecule has 98 valence electrons. The molecule has 0 bridgehead atoms. The Morgan fingerprint density at radius 3 is 2.78 bits per heavy atom. The van der Waals surface area contributed by atoms with E-state index in [1.165, 1.54) is 20.0 Å². The molecular formula is C13H17ClN2O2. The minimum atomic E-state index is -0.201. The third-order valence-electron chi connectivity index (χ3n) is 2.97. The summed E-state index contributed by atoms with van der Waals surface area (Å²) in [5.74, 6) is -0.201. The Bertz CT molecular complexity index is 431. The highest BCUT2D eigenvalue weighted by Crippen LogP contribution is 2.29. The summed E-state index contributed by atoms with van der Waals surface area (Å²) < 4.78 is 4.76. The van der Waals surface area contributed by atoms with E-state index in [9.17, 15) is 4.79 Å². The molecule has 0 atom stereocenters. The van der Waals surface area contributed by atoms with Crippen molar-refractivity contribution in [3.8, 4) is 0 Å². The molecule has 4 nitrogen and oxygen atoms in total. The van der Waals surface area contributed by atoms with Gasteiger partial charge < -0.3 is 15.0 Å². The molecule has 0 spiro atoms. The second kappa shape index (κ2) is 6.07. The van der Waals surface area contributed by atoms with E-state index >= 15 is 0 Å². The SMILES string of the molecule is COCC(=O)Nc1ccc(N2CCCC2)cc1Cl. The Kier molecular flexibility index (Phi) is 4.44. The maximum absolute atomic E-state index is 11.4. The lowest BCUT2D eigenvalue weighted by molar-refractivity contribution is -0.119. The number of anilines is 2. The van der Waals surface area contributed by atoms with Gasteiger partial charge in [-0.1, -0.05) is 11.6 Å². The van der Waals surface area contributed by atoms with Crippen LogP contribution in [0, 0.1) is 0 Å². The van der Waals surface area contributed by atoms with E-state index in [0.29, 0.717) is 10.7 Å². The summed E-state index contributed by atoms with van der Waals surface area (Å²) in [6, 6.07) is 5.72. The molecule has 0 unspecified atom stereocenters. The van der Waals surface area contributed by atoms with Gasteiger partial charge in [0.05, 0.1) is 10.7 Å². The highest BCUT2D eigenvalue weighted by Gasteiger charge is 2.14. The summed E-state index contributed by atoms with van der Waals surface area (Å²) in [6.07, 6.45) is 2.45. The maximum atomic E-state index is 11.4. The van der Waals surface area contributed by atoms with Crippen LogP contribution in [-0.4, -0.2) is 32.7 Å². The summed E-state index contributed by atoms with van der Waals surface area (Å²) >= 11 is 6.17. The number of benzene rings is 1. The Balaban J connectivity index is 2.07. The fraction of sp³-hybridized carbons (Fsp3) is 0.462. The Hall–Kier alpha value is -1.26. The van der Waals surface area contributed by atoms with Crippen LogP contribution < -0.4 is 10.2 Å². The number of ether oxygens (including phenoxy) is 1. The van der Waals surface area contributed by atoms with E-state index in [2.05, 4.69) is 10.2 Å². The fourth-order valence-electron chi connectivity index (χ4n) is 2.09. The largest absolute Gasteiger partial charge is 0.375 e. The number of hydrogen-bond donors (Lipinski definition) is 1. The fourth-order valence-corrected chi connectivity index (χ4v) is 2.32. The van der Waals surface area contributed by atoms with Crippen molar-refractivity contribution in [2.45, 2.75) is 12.8 Å². The number of amides is 1. The second-order valence-electron chi connectivity index (χ2n) is 4.34. The first-order chi connectivity index (χ1) is 8.70. The van der Waals surface area contributed by atoms with Crippen molar-refractivity contribution in [2.24, 2.45) is 0 Å². The first-order valence-corrected chi connectivity index (χ1v) is 6.42. The molecule has 1 fully saturated rings. The van der Waals surface area contributed by atoms with Gasteiger partial charge >= 0.3 is 0 Å². The zero-order valence-electron chi connectivity index (χ0n) is 10.4. The molecule has 1 aromatic carbocycles. The van der Waals surface area contributed by atoms with Gasteiger partial charge in [-0.05, 0) is 31.0 Å². The molecule has 0 saturated carbocycles. The molecule has 0 radical (unpaired) electrons. The van der Waals surface area contributed by atoms with Crippen molar-refractivity contribution in [3.05, 3.63) is 23.2 Å². The van der Waals surface area contributed by atoms with E-state index in [1.54, 1.807) is 0 Å². The number of nitrogens with zero attached hydrogens (tertiary/aromatic N) is 1. The smallest absolute Gasteiger partial charge is 0.250 e. The number of carbonyl (C=O) groups excluding carboxylic acids is 1. The molecule has 2 rings (SSSR count). The summed E-state index contributed by atoms with van der Waals surface area (Å²) in [6.45, 7) is 2.18. The molecular weight excluding hydrogens is 252 g/mol. The van der Waals surface area contributed by atoms with Crippen LogP contribution in [0.5, 0.6) is 0 Å². The molecule has 0 aromatic heterocycles. The van der Waals surface area contributed by atoms with Gasteiger partial charge in [-0.3, -0.25) is 4.79 Å². The normalized spacial score (nSPS) is 14.9. The Morgan fingerprint density at radius 1 is 1.44 bits per heavy atom. The molecule has 0 aliphatic carbocycles. The van der Waals surface area contributed by atoms with Gasteiger partial charge in [-0.2, -0.15) is 0 Å². The molecule has 1 aromatic rings. The van der Waals surface area contributed by atoms with Gasteiger partial charge in [0.25, 0.3) is 0 Å². The predicted molar refractivity (Wildman–Crippen MR) is 73.4 cm³/mol. The van der Waals surface area contributed by atoms with Gasteiger partial charge in [0.1, 0.15) is 6.61 Å². The summed E-state index contributed by atoms with van der Waals surface area (Å²) in [7, 11) is 1.48. The van der Waals surface area contributed by atoms with Crippen LogP contribution in [0.15, 0.2) is 18.2 Å². The van der Waals surface area contributed by atoms with Crippen molar-refractivity contribution in [3.63, 3.8) is 0 Å². The summed E-state index contributed by atoms with van der Waals surface area (Å²) in [4.78, 5) is 13.7. The third kappa shape index (κ3) is 3.15. The van der Waals surface area contributed by atoms with Crippen LogP contribution in [0.3, 0.4) is 0 Å². The number of hydrogen-bond acceptors (Lipinski definition) is 3. The molecule has 1 aliphatic heterocycles. The van der Waals surface area contributed by atoms with E-state index in [1.807, 2.05) is 18.2 Å². The predicted octanol–water partition coefficient (Wildman–Crippen LogP) is 2.53. The molecule has 5 heteroatoms. The molecule has 1 N–H and O–H groups in total. The van der Waals surface area contributed by atoms with Crippen LogP contribution in [0.2, 0.25) is 5.02 Å². The quantitative estimate of drug-likeness (QED) is 0.912. The zero-order chi connectivity index (χ0) is 13.0. The molecule has 1 aliphatic rings. The average Bonchev–Trinajstić information content (AvgIpc) is 2.85. The molecule has 1 heterocycles. The van der Waals surface area contributed by atoms with E-state index in [-0.39, 0.29) is 12.5 Å². The first kappa shape index (κ1) is 13.2. The van der Waals surface area contributed by atoms with E-state index in [0.717, 1.165) is 18.8 Å². The standard InChI is InChI=1S/C13H17ClN2O2/c1-18-9-13(17)15-12-5-4-10(8-11(12)14)16-6-2-3-7-16/h4-5,8H,2-3,6-7,9H2,1H3,(H,15,17). The van der Waals surface area contributed by atoms with Gasteiger partial charge in [-0.25, -0.2) is 0 Å². The van der Waals surface area contributed by atoms with E-state index < -0.39 is 0 Å². The minimum absolute atomic E-state index is 0.0319. The van der Waals surface area contributed by atoms with Crippen LogP contribution >= 0.6 is 11.6 Å². The lowest BCUT2D eigenvalue weighted by Gasteiger charge is -2.18. The minimum Gasteiger partial charge on any atom is -0.375 e. The van der Waals surface area contributed by atoms with Gasteiger partial charge in [0.15, 0.2) is 0 Å². The van der Waals surface area contributed by atoms with Crippen molar-refractivity contribution in [1.82, 2.24) is 0 Å². The highest BCUT2D eigenvalue weighted by molar-refractivity contribution is 6.34. The molecule has 18 heavy (non-hydrogen) atoms. The first-order valence-electron chi connectivity index (χ1n) is 6.04. The third-order valence-corrected chi connectivity index (χ3v) is 3.29. The second-order valence-corrected chi connectivity index (χ2v) is 4.75. The van der Waals surface area contributed by atoms with Gasteiger partial charge in [0, 0.05) is 25.9 Å². The van der Waals surface area contributed by atoms with Gasteiger partial charge in [-0.15, -0.1) is 0 Å². The van der Waals surface area contributed by atoms with Gasteiger partial charge in [0.2, 0.25) is 5.91 Å². The lowest BCUT2D eigenvalue weighted by Crippen LogP contribution is -2.19. The van der Waals surface area contributed by atoms with E-state index in [4.69, 9.17) is 16.3 Å². The van der Waals surface area contributed by atoms with Crippen molar-refractivity contribution < 1.29 is 9.53 Å². The number of halogens is 1. The monoisotopic (exact) mass is 268 g/mol. The average molecular weight is 269 g/mol.